The summed E-state index contributed by atoms with van der Waals surface area (Å²) in [6, 6.07) is 10.6. The Kier molecular flexibility index (Phi) is 5.12. The number of nitrogens with zero attached hydrogens (tertiary/aromatic N) is 3. The summed E-state index contributed by atoms with van der Waals surface area (Å²) in [4.78, 5) is 6.69. The van der Waals surface area contributed by atoms with Crippen LogP contribution < -0.4 is 5.73 Å². The summed E-state index contributed by atoms with van der Waals surface area (Å²) in [7, 11) is 2.13. The van der Waals surface area contributed by atoms with Gasteiger partial charge in [-0.1, -0.05) is 30.3 Å². The van der Waals surface area contributed by atoms with Gasteiger partial charge in [0.2, 0.25) is 0 Å². The van der Waals surface area contributed by atoms with Crippen molar-refractivity contribution in [1.29, 1.82) is 0 Å². The molecule has 0 spiro atoms. The lowest BCUT2D eigenvalue weighted by Crippen LogP contribution is -2.20. The Morgan fingerprint density at radius 1 is 1.26 bits per heavy atom. The summed E-state index contributed by atoms with van der Waals surface area (Å²) < 4.78 is 2.04. The standard InChI is InChI=1S/C15H22N4/c1-18(9-7-14-5-3-2-4-6-14)11-15-12-19(10-8-16)13-17-15/h2-6,12-13H,7-11,16H2,1H3. The highest BCUT2D eigenvalue weighted by Crippen LogP contribution is 2.04. The smallest absolute Gasteiger partial charge is 0.0950 e. The molecule has 0 aliphatic rings. The van der Waals surface area contributed by atoms with Crippen LogP contribution in [0.2, 0.25) is 0 Å². The number of hydrogen-bond acceptors (Lipinski definition) is 3. The van der Waals surface area contributed by atoms with Gasteiger partial charge in [-0.15, -0.1) is 0 Å². The van der Waals surface area contributed by atoms with E-state index in [4.69, 9.17) is 5.73 Å². The third kappa shape index (κ3) is 4.50. The molecule has 0 saturated heterocycles. The van der Waals surface area contributed by atoms with Crippen LogP contribution in [0.15, 0.2) is 42.9 Å². The molecule has 2 N–H and O–H groups in total. The molecule has 4 nitrogen and oxygen atoms in total. The van der Waals surface area contributed by atoms with Gasteiger partial charge in [0.15, 0.2) is 0 Å². The first-order valence-corrected chi connectivity index (χ1v) is 6.71. The number of rotatable bonds is 7. The van der Waals surface area contributed by atoms with E-state index in [1.165, 1.54) is 5.56 Å². The van der Waals surface area contributed by atoms with Gasteiger partial charge in [-0.25, -0.2) is 4.98 Å². The lowest BCUT2D eigenvalue weighted by atomic mass is 10.1. The van der Waals surface area contributed by atoms with Crippen molar-refractivity contribution in [1.82, 2.24) is 14.5 Å². The van der Waals surface area contributed by atoms with Crippen molar-refractivity contribution in [3.05, 3.63) is 54.1 Å². The zero-order chi connectivity index (χ0) is 13.5. The molecule has 1 aromatic heterocycles. The first-order valence-electron chi connectivity index (χ1n) is 6.71. The Labute approximate surface area is 114 Å². The Morgan fingerprint density at radius 3 is 2.79 bits per heavy atom. The average Bonchev–Trinajstić information content (AvgIpc) is 2.85. The van der Waals surface area contributed by atoms with E-state index in [0.717, 1.165) is 31.7 Å². The molecule has 0 amide bonds. The second-order valence-electron chi connectivity index (χ2n) is 4.86. The van der Waals surface area contributed by atoms with E-state index in [9.17, 15) is 0 Å². The molecule has 0 unspecified atom stereocenters. The molecular formula is C15H22N4. The van der Waals surface area contributed by atoms with Crippen molar-refractivity contribution >= 4 is 0 Å². The number of likely N-dealkylation sites (N-methyl/N-ethyl adjacent to an activating group) is 1. The molecule has 0 bridgehead atoms. The van der Waals surface area contributed by atoms with Crippen LogP contribution in [-0.4, -0.2) is 34.6 Å². The number of imidazole rings is 1. The lowest BCUT2D eigenvalue weighted by Gasteiger charge is -2.15. The van der Waals surface area contributed by atoms with Gasteiger partial charge in [0.1, 0.15) is 0 Å². The van der Waals surface area contributed by atoms with Gasteiger partial charge >= 0.3 is 0 Å². The molecule has 0 saturated carbocycles. The van der Waals surface area contributed by atoms with E-state index in [0.29, 0.717) is 6.54 Å². The number of nitrogens with two attached hydrogens (primary N) is 1. The number of aromatic nitrogens is 2. The summed E-state index contributed by atoms with van der Waals surface area (Å²) >= 11 is 0. The average molecular weight is 258 g/mol. The predicted molar refractivity (Wildman–Crippen MR) is 77.8 cm³/mol. The molecule has 0 aliphatic carbocycles. The molecule has 4 heteroatoms. The zero-order valence-electron chi connectivity index (χ0n) is 11.5. The Hall–Kier alpha value is -1.65. The number of hydrogen-bond donors (Lipinski definition) is 1. The fraction of sp³-hybridized carbons (Fsp3) is 0.400. The minimum Gasteiger partial charge on any atom is -0.336 e. The molecule has 0 radical (unpaired) electrons. The minimum atomic E-state index is 0.652. The maximum absolute atomic E-state index is 5.52. The van der Waals surface area contributed by atoms with Crippen LogP contribution in [-0.2, 0) is 19.5 Å². The fourth-order valence-corrected chi connectivity index (χ4v) is 2.08. The molecule has 2 rings (SSSR count). The molecular weight excluding hydrogens is 236 g/mol. The molecule has 0 fully saturated rings. The van der Waals surface area contributed by atoms with Crippen molar-refractivity contribution in [3.8, 4) is 0 Å². The van der Waals surface area contributed by atoms with E-state index in [1.807, 2.05) is 10.9 Å². The second-order valence-corrected chi connectivity index (χ2v) is 4.86. The highest BCUT2D eigenvalue weighted by molar-refractivity contribution is 5.14. The normalized spacial score (nSPS) is 11.1. The first kappa shape index (κ1) is 13.8. The van der Waals surface area contributed by atoms with Crippen LogP contribution >= 0.6 is 0 Å². The molecule has 1 heterocycles. The van der Waals surface area contributed by atoms with Gasteiger partial charge in [0.25, 0.3) is 0 Å². The minimum absolute atomic E-state index is 0.652. The van der Waals surface area contributed by atoms with Crippen LogP contribution in [0.5, 0.6) is 0 Å². The van der Waals surface area contributed by atoms with Crippen molar-refractivity contribution in [2.45, 2.75) is 19.5 Å². The third-order valence-electron chi connectivity index (χ3n) is 3.13. The topological polar surface area (TPSA) is 47.1 Å². The van der Waals surface area contributed by atoms with Crippen LogP contribution in [0, 0.1) is 0 Å². The van der Waals surface area contributed by atoms with Gasteiger partial charge in [-0.2, -0.15) is 0 Å². The molecule has 1 aromatic carbocycles. The van der Waals surface area contributed by atoms with Crippen LogP contribution in [0.1, 0.15) is 11.3 Å². The van der Waals surface area contributed by atoms with Crippen molar-refractivity contribution in [3.63, 3.8) is 0 Å². The Morgan fingerprint density at radius 2 is 2.05 bits per heavy atom. The van der Waals surface area contributed by atoms with E-state index >= 15 is 0 Å². The summed E-state index contributed by atoms with van der Waals surface area (Å²) in [5.41, 5.74) is 8.00. The van der Waals surface area contributed by atoms with E-state index < -0.39 is 0 Å². The van der Waals surface area contributed by atoms with Crippen molar-refractivity contribution < 1.29 is 0 Å². The maximum atomic E-state index is 5.52. The van der Waals surface area contributed by atoms with Gasteiger partial charge in [0.05, 0.1) is 12.0 Å². The van der Waals surface area contributed by atoms with Gasteiger partial charge in [0, 0.05) is 32.4 Å². The predicted octanol–water partition coefficient (Wildman–Crippen LogP) is 1.52. The molecule has 19 heavy (non-hydrogen) atoms. The van der Waals surface area contributed by atoms with Gasteiger partial charge in [-0.05, 0) is 19.0 Å². The Balaban J connectivity index is 1.78. The highest BCUT2D eigenvalue weighted by atomic mass is 15.1. The largest absolute Gasteiger partial charge is 0.336 e. The van der Waals surface area contributed by atoms with Crippen molar-refractivity contribution in [2.75, 3.05) is 20.1 Å². The van der Waals surface area contributed by atoms with Crippen LogP contribution in [0.3, 0.4) is 0 Å². The molecule has 0 atom stereocenters. The van der Waals surface area contributed by atoms with Crippen LogP contribution in [0.25, 0.3) is 0 Å². The first-order chi connectivity index (χ1) is 9.28. The maximum Gasteiger partial charge on any atom is 0.0950 e. The SMILES string of the molecule is CN(CCc1ccccc1)Cc1cn(CCN)cn1. The third-order valence-corrected chi connectivity index (χ3v) is 3.13. The summed E-state index contributed by atoms with van der Waals surface area (Å²) in [6.45, 7) is 3.40. The Bertz CT molecular complexity index is 478. The summed E-state index contributed by atoms with van der Waals surface area (Å²) in [5, 5.41) is 0. The van der Waals surface area contributed by atoms with E-state index in [2.05, 4.69) is 53.5 Å². The zero-order valence-corrected chi connectivity index (χ0v) is 11.5. The van der Waals surface area contributed by atoms with E-state index in [-0.39, 0.29) is 0 Å². The quantitative estimate of drug-likeness (QED) is 0.819. The van der Waals surface area contributed by atoms with Crippen LogP contribution in [0.4, 0.5) is 0 Å². The second kappa shape index (κ2) is 7.07. The highest BCUT2D eigenvalue weighted by Gasteiger charge is 2.04. The molecule has 0 aliphatic heterocycles. The monoisotopic (exact) mass is 258 g/mol. The fourth-order valence-electron chi connectivity index (χ4n) is 2.08. The van der Waals surface area contributed by atoms with Gasteiger partial charge in [-0.3, -0.25) is 0 Å². The van der Waals surface area contributed by atoms with Gasteiger partial charge < -0.3 is 15.2 Å². The number of benzene rings is 1. The van der Waals surface area contributed by atoms with Crippen molar-refractivity contribution in [2.24, 2.45) is 5.73 Å². The summed E-state index contributed by atoms with van der Waals surface area (Å²) in [5.74, 6) is 0. The molecule has 102 valence electrons. The molecule has 2 aromatic rings. The summed E-state index contributed by atoms with van der Waals surface area (Å²) in [6.07, 6.45) is 5.00. The van der Waals surface area contributed by atoms with E-state index in [1.54, 1.807) is 0 Å². The lowest BCUT2D eigenvalue weighted by molar-refractivity contribution is 0.327.